The quantitative estimate of drug-likeness (QED) is 0.423. The number of nitrogens with zero attached hydrogens (tertiary/aromatic N) is 4. The van der Waals surface area contributed by atoms with Crippen molar-refractivity contribution in [2.45, 2.75) is 35.2 Å². The molecule has 1 amide bonds. The molecule has 12 heteroatoms. The van der Waals surface area contributed by atoms with Gasteiger partial charge in [-0.25, -0.2) is 15.0 Å². The summed E-state index contributed by atoms with van der Waals surface area (Å²) < 4.78 is 11.0. The van der Waals surface area contributed by atoms with Crippen LogP contribution in [0.25, 0.3) is 0 Å². The molecule has 1 aliphatic carbocycles. The van der Waals surface area contributed by atoms with Gasteiger partial charge in [-0.2, -0.15) is 0 Å². The molecule has 1 aliphatic heterocycles. The van der Waals surface area contributed by atoms with Crippen LogP contribution < -0.4 is 31.6 Å². The first-order valence-corrected chi connectivity index (χ1v) is 13.0. The highest BCUT2D eigenvalue weighted by Gasteiger charge is 2.47. The van der Waals surface area contributed by atoms with Crippen LogP contribution >= 0.6 is 23.4 Å². The number of rotatable bonds is 6. The molecule has 1 spiro atoms. The molecule has 0 saturated carbocycles. The Kier molecular flexibility index (Phi) is 6.78. The molecule has 1 aromatic carbocycles. The van der Waals surface area contributed by atoms with E-state index >= 15 is 0 Å². The standard InChI is InChI=1S/C25H28ClN7O3S/c1-35-15-9-13-11-25(21(27)14(13)10-16(15)36-2)4-7-33(8-5-25)24-20(23(29)34)32-18(12-31-24)37-17-3-6-30-22(28)19(17)26/h3,6,9-10,12,21H,4-5,7-8,11,27H2,1-2H3,(H2,28,30)(H2,29,34)/t21-/m1/s1. The van der Waals surface area contributed by atoms with Gasteiger partial charge in [0.05, 0.1) is 25.4 Å². The number of hydrogen-bond acceptors (Lipinski definition) is 10. The minimum Gasteiger partial charge on any atom is -0.493 e. The number of pyridine rings is 1. The average molecular weight is 542 g/mol. The number of anilines is 2. The van der Waals surface area contributed by atoms with Crippen molar-refractivity contribution < 1.29 is 14.3 Å². The minimum atomic E-state index is -0.644. The third kappa shape index (κ3) is 4.51. The Morgan fingerprint density at radius 1 is 1.19 bits per heavy atom. The van der Waals surface area contributed by atoms with Gasteiger partial charge in [-0.1, -0.05) is 23.4 Å². The van der Waals surface area contributed by atoms with E-state index in [4.69, 9.17) is 38.3 Å². The fraction of sp³-hybridized carbons (Fsp3) is 0.360. The second-order valence-electron chi connectivity index (χ2n) is 9.26. The zero-order chi connectivity index (χ0) is 26.3. The van der Waals surface area contributed by atoms with Crippen LogP contribution in [0.15, 0.2) is 40.5 Å². The van der Waals surface area contributed by atoms with Crippen molar-refractivity contribution in [2.75, 3.05) is 37.9 Å². The van der Waals surface area contributed by atoms with Crippen molar-refractivity contribution in [2.24, 2.45) is 16.9 Å². The van der Waals surface area contributed by atoms with Crippen molar-refractivity contribution >= 4 is 40.9 Å². The number of nitrogens with two attached hydrogens (primary N) is 3. The van der Waals surface area contributed by atoms with Gasteiger partial charge in [-0.15, -0.1) is 0 Å². The maximum atomic E-state index is 12.3. The second kappa shape index (κ2) is 9.88. The minimum absolute atomic E-state index is 0.0929. The van der Waals surface area contributed by atoms with E-state index in [1.54, 1.807) is 32.7 Å². The normalized spacial score (nSPS) is 18.1. The van der Waals surface area contributed by atoms with Crippen molar-refractivity contribution in [3.63, 3.8) is 0 Å². The predicted molar refractivity (Wildman–Crippen MR) is 142 cm³/mol. The summed E-state index contributed by atoms with van der Waals surface area (Å²) in [6.07, 6.45) is 5.69. The highest BCUT2D eigenvalue weighted by atomic mass is 35.5. The first-order valence-electron chi connectivity index (χ1n) is 11.8. The Morgan fingerprint density at radius 3 is 2.57 bits per heavy atom. The zero-order valence-corrected chi connectivity index (χ0v) is 22.1. The summed E-state index contributed by atoms with van der Waals surface area (Å²) in [7, 11) is 3.26. The maximum Gasteiger partial charge on any atom is 0.271 e. The molecule has 0 radical (unpaired) electrons. The van der Waals surface area contributed by atoms with Crippen LogP contribution in [0.4, 0.5) is 11.6 Å². The van der Waals surface area contributed by atoms with Crippen LogP contribution in [0, 0.1) is 5.41 Å². The van der Waals surface area contributed by atoms with Gasteiger partial charge in [0.2, 0.25) is 0 Å². The first kappa shape index (κ1) is 25.4. The van der Waals surface area contributed by atoms with E-state index in [2.05, 4.69) is 19.9 Å². The number of piperidine rings is 1. The molecular weight excluding hydrogens is 514 g/mol. The van der Waals surface area contributed by atoms with Gasteiger partial charge in [-0.05, 0) is 54.0 Å². The number of methoxy groups -OCH3 is 2. The van der Waals surface area contributed by atoms with E-state index in [1.807, 2.05) is 12.1 Å². The summed E-state index contributed by atoms with van der Waals surface area (Å²) in [6.45, 7) is 1.34. The average Bonchev–Trinajstić information content (AvgIpc) is 3.16. The highest BCUT2D eigenvalue weighted by Crippen LogP contribution is 2.53. The van der Waals surface area contributed by atoms with E-state index in [0.717, 1.165) is 24.8 Å². The van der Waals surface area contributed by atoms with Crippen molar-refractivity contribution in [1.29, 1.82) is 0 Å². The molecule has 6 N–H and O–H groups in total. The monoisotopic (exact) mass is 541 g/mol. The lowest BCUT2D eigenvalue weighted by Gasteiger charge is -2.42. The molecule has 2 aliphatic rings. The largest absolute Gasteiger partial charge is 0.493 e. The molecule has 37 heavy (non-hydrogen) atoms. The Morgan fingerprint density at radius 2 is 1.89 bits per heavy atom. The van der Waals surface area contributed by atoms with Gasteiger partial charge in [0.25, 0.3) is 5.91 Å². The number of fused-ring (bicyclic) bond motifs is 1. The van der Waals surface area contributed by atoms with E-state index < -0.39 is 5.91 Å². The Hall–Kier alpha value is -3.28. The molecule has 3 aromatic rings. The summed E-state index contributed by atoms with van der Waals surface area (Å²) in [5.41, 5.74) is 20.6. The molecule has 1 atom stereocenters. The van der Waals surface area contributed by atoms with Crippen molar-refractivity contribution in [3.05, 3.63) is 52.4 Å². The number of nitrogen functional groups attached to an aromatic ring is 1. The zero-order valence-electron chi connectivity index (χ0n) is 20.5. The molecular formula is C25H28ClN7O3S. The fourth-order valence-electron chi connectivity index (χ4n) is 5.30. The van der Waals surface area contributed by atoms with Gasteiger partial charge >= 0.3 is 0 Å². The van der Waals surface area contributed by atoms with Gasteiger partial charge in [0, 0.05) is 30.2 Å². The lowest BCUT2D eigenvalue weighted by atomic mass is 9.73. The van der Waals surface area contributed by atoms with Crippen LogP contribution in [-0.4, -0.2) is 48.2 Å². The lowest BCUT2D eigenvalue weighted by molar-refractivity contribution is 0.0994. The number of benzene rings is 1. The van der Waals surface area contributed by atoms with Crippen molar-refractivity contribution in [3.8, 4) is 11.5 Å². The lowest BCUT2D eigenvalue weighted by Crippen LogP contribution is -2.45. The number of amides is 1. The highest BCUT2D eigenvalue weighted by molar-refractivity contribution is 7.99. The van der Waals surface area contributed by atoms with Gasteiger partial charge in [0.15, 0.2) is 23.0 Å². The number of ether oxygens (including phenoxy) is 2. The Balaban J connectivity index is 1.35. The topological polar surface area (TPSA) is 156 Å². The first-order chi connectivity index (χ1) is 17.8. The number of carbonyl (C=O) groups is 1. The third-order valence-corrected chi connectivity index (χ3v) is 8.78. The number of aromatic nitrogens is 3. The summed E-state index contributed by atoms with van der Waals surface area (Å²) in [4.78, 5) is 28.1. The summed E-state index contributed by atoms with van der Waals surface area (Å²) in [5.74, 6) is 1.44. The van der Waals surface area contributed by atoms with Gasteiger partial charge in [0.1, 0.15) is 10.8 Å². The van der Waals surface area contributed by atoms with Crippen LogP contribution in [0.5, 0.6) is 11.5 Å². The molecule has 0 bridgehead atoms. The predicted octanol–water partition coefficient (Wildman–Crippen LogP) is 3.22. The fourth-order valence-corrected chi connectivity index (χ4v) is 6.31. The summed E-state index contributed by atoms with van der Waals surface area (Å²) in [5, 5.41) is 0.805. The number of hydrogen-bond donors (Lipinski definition) is 3. The molecule has 2 aromatic heterocycles. The summed E-state index contributed by atoms with van der Waals surface area (Å²) >= 11 is 7.50. The maximum absolute atomic E-state index is 12.3. The number of halogens is 1. The smallest absolute Gasteiger partial charge is 0.271 e. The SMILES string of the molecule is COc1cc2c(cc1OC)[C@@H](N)C1(CCN(c3ncc(Sc4ccnc(N)c4Cl)nc3C(N)=O)CC1)C2. The molecule has 10 nitrogen and oxygen atoms in total. The van der Waals surface area contributed by atoms with E-state index in [0.29, 0.717) is 45.4 Å². The van der Waals surface area contributed by atoms with Crippen LogP contribution in [0.3, 0.4) is 0 Å². The molecule has 194 valence electrons. The van der Waals surface area contributed by atoms with E-state index in [-0.39, 0.29) is 23.0 Å². The number of primary amides is 1. The van der Waals surface area contributed by atoms with Crippen LogP contribution in [-0.2, 0) is 6.42 Å². The Bertz CT molecular complexity index is 1360. The molecule has 1 fully saturated rings. The van der Waals surface area contributed by atoms with Gasteiger partial charge in [-0.3, -0.25) is 4.79 Å². The molecule has 1 saturated heterocycles. The molecule has 5 rings (SSSR count). The Labute approximate surface area is 223 Å². The number of carbonyl (C=O) groups excluding carboxylic acids is 1. The van der Waals surface area contributed by atoms with E-state index in [1.165, 1.54) is 17.3 Å². The third-order valence-electron chi connectivity index (χ3n) is 7.30. The second-order valence-corrected chi connectivity index (χ2v) is 10.7. The summed E-state index contributed by atoms with van der Waals surface area (Å²) in [6, 6.07) is 5.63. The van der Waals surface area contributed by atoms with E-state index in [9.17, 15) is 4.79 Å². The van der Waals surface area contributed by atoms with Crippen LogP contribution in [0.2, 0.25) is 5.02 Å². The molecule has 3 heterocycles. The molecule has 0 unspecified atom stereocenters. The van der Waals surface area contributed by atoms with Crippen molar-refractivity contribution in [1.82, 2.24) is 15.0 Å². The van der Waals surface area contributed by atoms with Crippen LogP contribution in [0.1, 0.15) is 40.5 Å². The van der Waals surface area contributed by atoms with Gasteiger partial charge < -0.3 is 31.6 Å².